The molecule has 40 heavy (non-hydrogen) atoms. The molecular weight excluding hydrogens is 543 g/mol. The summed E-state index contributed by atoms with van der Waals surface area (Å²) in [4.78, 5) is 35.6. The van der Waals surface area contributed by atoms with Crippen LogP contribution in [0.5, 0.6) is 0 Å². The van der Waals surface area contributed by atoms with Gasteiger partial charge in [-0.25, -0.2) is 0 Å². The third-order valence-corrected chi connectivity index (χ3v) is 9.21. The topological polar surface area (TPSA) is 65.5 Å². The van der Waals surface area contributed by atoms with Gasteiger partial charge in [-0.2, -0.15) is 0 Å². The molecule has 0 radical (unpaired) electrons. The van der Waals surface area contributed by atoms with Crippen LogP contribution in [0, 0.1) is 19.3 Å². The standard InChI is InChI=1S/C32H35ClN4O2.ClH/c1-21-17-25(18-22(2)34-21)36-14-11-32(12-15-36)13-16-37(20-32)31(39)24-8-7-23-9-10-29(27(23)19-24)35-30(38)26-5-3-4-6-28(26)33;/h3-8,17-19,29H,9-16,20H2,1-2H3,(H,35,38);1H/t29-;/m1./s1. The Kier molecular flexibility index (Phi) is 8.12. The minimum Gasteiger partial charge on any atom is -0.371 e. The number of anilines is 1. The molecule has 0 saturated carbocycles. The van der Waals surface area contributed by atoms with Gasteiger partial charge in [-0.3, -0.25) is 14.6 Å². The van der Waals surface area contributed by atoms with Gasteiger partial charge in [0.25, 0.3) is 11.8 Å². The molecule has 0 unspecified atom stereocenters. The van der Waals surface area contributed by atoms with Gasteiger partial charge < -0.3 is 15.1 Å². The van der Waals surface area contributed by atoms with E-state index in [2.05, 4.69) is 47.2 Å². The summed E-state index contributed by atoms with van der Waals surface area (Å²) in [5, 5.41) is 3.58. The molecule has 1 aromatic heterocycles. The third-order valence-electron chi connectivity index (χ3n) is 8.88. The number of likely N-dealkylation sites (tertiary alicyclic amines) is 1. The molecule has 1 aliphatic carbocycles. The van der Waals surface area contributed by atoms with Gasteiger partial charge in [0.15, 0.2) is 0 Å². The molecule has 2 fully saturated rings. The Morgan fingerprint density at radius 3 is 2.40 bits per heavy atom. The molecule has 1 spiro atoms. The van der Waals surface area contributed by atoms with Crippen LogP contribution < -0.4 is 10.2 Å². The molecule has 2 saturated heterocycles. The van der Waals surface area contributed by atoms with Crippen molar-refractivity contribution in [2.24, 2.45) is 5.41 Å². The number of hydrogen-bond donors (Lipinski definition) is 1. The van der Waals surface area contributed by atoms with E-state index >= 15 is 0 Å². The van der Waals surface area contributed by atoms with Crippen molar-refractivity contribution in [2.45, 2.75) is 52.0 Å². The normalized spacial score (nSPS) is 19.3. The zero-order chi connectivity index (χ0) is 27.1. The number of aryl methyl sites for hydroxylation is 3. The van der Waals surface area contributed by atoms with Crippen LogP contribution in [0.4, 0.5) is 5.69 Å². The van der Waals surface area contributed by atoms with Gasteiger partial charge in [0.1, 0.15) is 0 Å². The average molecular weight is 580 g/mol. The molecule has 3 aromatic rings. The molecule has 6 nitrogen and oxygen atoms in total. The summed E-state index contributed by atoms with van der Waals surface area (Å²) in [6.45, 7) is 7.74. The van der Waals surface area contributed by atoms with Crippen LogP contribution in [0.25, 0.3) is 0 Å². The number of piperidine rings is 1. The summed E-state index contributed by atoms with van der Waals surface area (Å²) in [5.74, 6) is -0.0827. The monoisotopic (exact) mass is 578 g/mol. The number of benzene rings is 2. The number of amides is 2. The van der Waals surface area contributed by atoms with E-state index in [0.717, 1.165) is 75.2 Å². The highest BCUT2D eigenvalue weighted by molar-refractivity contribution is 6.33. The first-order valence-electron chi connectivity index (χ1n) is 14.0. The number of carbonyl (C=O) groups excluding carboxylic acids is 2. The smallest absolute Gasteiger partial charge is 0.253 e. The number of nitrogens with zero attached hydrogens (tertiary/aromatic N) is 3. The highest BCUT2D eigenvalue weighted by Gasteiger charge is 2.42. The van der Waals surface area contributed by atoms with E-state index in [4.69, 9.17) is 11.6 Å². The van der Waals surface area contributed by atoms with Gasteiger partial charge in [0, 0.05) is 48.8 Å². The first-order chi connectivity index (χ1) is 18.8. The lowest BCUT2D eigenvalue weighted by Gasteiger charge is -2.40. The number of fused-ring (bicyclic) bond motifs is 1. The van der Waals surface area contributed by atoms with Crippen LogP contribution in [-0.4, -0.2) is 47.9 Å². The fourth-order valence-electron chi connectivity index (χ4n) is 6.70. The maximum Gasteiger partial charge on any atom is 0.253 e. The molecule has 3 aliphatic rings. The summed E-state index contributed by atoms with van der Waals surface area (Å²) in [6, 6.07) is 17.3. The number of aromatic nitrogens is 1. The Bertz CT molecular complexity index is 1410. The molecule has 2 aromatic carbocycles. The quantitative estimate of drug-likeness (QED) is 0.393. The predicted molar refractivity (Wildman–Crippen MR) is 162 cm³/mol. The van der Waals surface area contributed by atoms with Gasteiger partial charge in [-0.1, -0.05) is 29.8 Å². The molecule has 0 bridgehead atoms. The van der Waals surface area contributed by atoms with Gasteiger partial charge in [-0.05, 0) is 98.9 Å². The van der Waals surface area contributed by atoms with Crippen LogP contribution in [0.2, 0.25) is 5.02 Å². The minimum absolute atomic E-state index is 0. The lowest BCUT2D eigenvalue weighted by molar-refractivity contribution is 0.0764. The molecule has 2 aliphatic heterocycles. The second kappa shape index (κ2) is 11.4. The number of nitrogens with one attached hydrogen (secondary N) is 1. The fourth-order valence-corrected chi connectivity index (χ4v) is 6.92. The fraction of sp³-hybridized carbons (Fsp3) is 0.406. The first kappa shape index (κ1) is 28.4. The lowest BCUT2D eigenvalue weighted by Crippen LogP contribution is -2.42. The second-order valence-electron chi connectivity index (χ2n) is 11.5. The van der Waals surface area contributed by atoms with Crippen molar-refractivity contribution in [3.05, 3.63) is 93.3 Å². The largest absolute Gasteiger partial charge is 0.371 e. The van der Waals surface area contributed by atoms with Crippen molar-refractivity contribution in [3.63, 3.8) is 0 Å². The molecule has 6 rings (SSSR count). The van der Waals surface area contributed by atoms with Gasteiger partial charge in [-0.15, -0.1) is 12.4 Å². The second-order valence-corrected chi connectivity index (χ2v) is 11.9. The van der Waals surface area contributed by atoms with Crippen molar-refractivity contribution in [3.8, 4) is 0 Å². The Morgan fingerprint density at radius 1 is 0.975 bits per heavy atom. The summed E-state index contributed by atoms with van der Waals surface area (Å²) in [5.41, 5.74) is 7.01. The van der Waals surface area contributed by atoms with E-state index < -0.39 is 0 Å². The van der Waals surface area contributed by atoms with E-state index in [1.54, 1.807) is 12.1 Å². The molecule has 3 heterocycles. The van der Waals surface area contributed by atoms with Crippen molar-refractivity contribution in [1.82, 2.24) is 15.2 Å². The maximum absolute atomic E-state index is 13.6. The van der Waals surface area contributed by atoms with Gasteiger partial charge >= 0.3 is 0 Å². The molecule has 8 heteroatoms. The van der Waals surface area contributed by atoms with Crippen LogP contribution in [0.1, 0.15) is 75.0 Å². The Hall–Kier alpha value is -3.09. The predicted octanol–water partition coefficient (Wildman–Crippen LogP) is 6.32. The Labute approximate surface area is 247 Å². The minimum atomic E-state index is -0.180. The van der Waals surface area contributed by atoms with Crippen LogP contribution in [0.3, 0.4) is 0 Å². The highest BCUT2D eigenvalue weighted by Crippen LogP contribution is 2.42. The first-order valence-corrected chi connectivity index (χ1v) is 14.4. The SMILES string of the molecule is Cc1cc(N2CCC3(CCN(C(=O)c4ccc5c(c4)[C@H](NC(=O)c4ccccc4Cl)CC5)C3)CC2)cc(C)n1.Cl. The molecular formula is C32H36Cl2N4O2. The molecule has 210 valence electrons. The number of hydrogen-bond acceptors (Lipinski definition) is 4. The highest BCUT2D eigenvalue weighted by atomic mass is 35.5. The Morgan fingerprint density at radius 2 is 1.68 bits per heavy atom. The zero-order valence-corrected chi connectivity index (χ0v) is 24.7. The van der Waals surface area contributed by atoms with Crippen molar-refractivity contribution >= 4 is 41.5 Å². The van der Waals surface area contributed by atoms with Crippen molar-refractivity contribution in [1.29, 1.82) is 0 Å². The number of pyridine rings is 1. The van der Waals surface area contributed by atoms with E-state index in [9.17, 15) is 9.59 Å². The third kappa shape index (κ3) is 5.57. The van der Waals surface area contributed by atoms with Crippen molar-refractivity contribution < 1.29 is 9.59 Å². The van der Waals surface area contributed by atoms with Crippen molar-refractivity contribution in [2.75, 3.05) is 31.1 Å². The Balaban J connectivity index is 0.00000323. The van der Waals surface area contributed by atoms with E-state index in [0.29, 0.717) is 16.1 Å². The van der Waals surface area contributed by atoms with E-state index in [-0.39, 0.29) is 35.7 Å². The van der Waals surface area contributed by atoms with Crippen LogP contribution in [0.15, 0.2) is 54.6 Å². The summed E-state index contributed by atoms with van der Waals surface area (Å²) in [6.07, 6.45) is 4.96. The maximum atomic E-state index is 13.6. The van der Waals surface area contributed by atoms with Gasteiger partial charge in [0.05, 0.1) is 16.6 Å². The zero-order valence-electron chi connectivity index (χ0n) is 23.1. The summed E-state index contributed by atoms with van der Waals surface area (Å²) in [7, 11) is 0. The number of rotatable bonds is 4. The molecule has 1 N–H and O–H groups in total. The van der Waals surface area contributed by atoms with Crippen LogP contribution >= 0.6 is 24.0 Å². The summed E-state index contributed by atoms with van der Waals surface area (Å²) >= 11 is 6.24. The number of halogens is 2. The number of carbonyl (C=O) groups is 2. The molecule has 2 amide bonds. The van der Waals surface area contributed by atoms with Gasteiger partial charge in [0.2, 0.25) is 0 Å². The van der Waals surface area contributed by atoms with Crippen LogP contribution in [-0.2, 0) is 6.42 Å². The average Bonchev–Trinajstić information content (AvgIpc) is 3.52. The van der Waals surface area contributed by atoms with E-state index in [1.165, 1.54) is 11.3 Å². The summed E-state index contributed by atoms with van der Waals surface area (Å²) < 4.78 is 0. The molecule has 1 atom stereocenters. The lowest BCUT2D eigenvalue weighted by atomic mass is 9.77. The van der Waals surface area contributed by atoms with E-state index in [1.807, 2.05) is 29.2 Å².